The van der Waals surface area contributed by atoms with E-state index in [0.717, 1.165) is 4.21 Å². The summed E-state index contributed by atoms with van der Waals surface area (Å²) in [6, 6.07) is 8.70. The zero-order valence-electron chi connectivity index (χ0n) is 8.21. The second-order valence-corrected chi connectivity index (χ2v) is 5.38. The first-order valence-electron chi connectivity index (χ1n) is 4.51. The van der Waals surface area contributed by atoms with Gasteiger partial charge in [0.25, 0.3) is 0 Å². The molecule has 0 saturated carbocycles. The summed E-state index contributed by atoms with van der Waals surface area (Å²) < 4.78 is 1.05. The van der Waals surface area contributed by atoms with Crippen LogP contribution in [0.25, 0.3) is 0 Å². The van der Waals surface area contributed by atoms with E-state index in [0.29, 0.717) is 10.6 Å². The molecule has 3 nitrogen and oxygen atoms in total. The minimum atomic E-state index is -0.931. The Hall–Kier alpha value is -1.46. The molecule has 0 saturated heterocycles. The quantitative estimate of drug-likeness (QED) is 0.822. The van der Waals surface area contributed by atoms with E-state index in [1.165, 1.54) is 17.8 Å². The van der Waals surface area contributed by atoms with Crippen LogP contribution < -0.4 is 5.73 Å². The van der Waals surface area contributed by atoms with Crippen molar-refractivity contribution in [3.63, 3.8) is 0 Å². The van der Waals surface area contributed by atoms with E-state index in [1.807, 2.05) is 17.5 Å². The summed E-state index contributed by atoms with van der Waals surface area (Å²) in [5, 5.41) is 11.0. The third kappa shape index (κ3) is 2.37. The van der Waals surface area contributed by atoms with Gasteiger partial charge in [-0.25, -0.2) is 4.79 Å². The number of anilines is 1. The molecular formula is C11H9NO2S2. The van der Waals surface area contributed by atoms with Crippen molar-refractivity contribution in [3.8, 4) is 0 Å². The first-order valence-corrected chi connectivity index (χ1v) is 6.20. The number of carbonyl (C=O) groups is 1. The Morgan fingerprint density at radius 3 is 2.81 bits per heavy atom. The number of benzene rings is 1. The van der Waals surface area contributed by atoms with E-state index in [2.05, 4.69) is 0 Å². The summed E-state index contributed by atoms with van der Waals surface area (Å²) in [5.41, 5.74) is 6.51. The van der Waals surface area contributed by atoms with Gasteiger partial charge >= 0.3 is 5.97 Å². The minimum Gasteiger partial charge on any atom is -0.478 e. The molecule has 0 aliphatic carbocycles. The molecule has 1 aromatic heterocycles. The molecule has 0 radical (unpaired) electrons. The monoisotopic (exact) mass is 251 g/mol. The molecule has 0 aliphatic heterocycles. The summed E-state index contributed by atoms with van der Waals surface area (Å²) >= 11 is 2.99. The molecular weight excluding hydrogens is 242 g/mol. The van der Waals surface area contributed by atoms with Crippen LogP contribution in [-0.2, 0) is 0 Å². The summed E-state index contributed by atoms with van der Waals surface area (Å²) in [7, 11) is 0. The number of hydrogen-bond donors (Lipinski definition) is 2. The predicted molar refractivity (Wildman–Crippen MR) is 66.3 cm³/mol. The van der Waals surface area contributed by atoms with E-state index >= 15 is 0 Å². The molecule has 0 fully saturated rings. The van der Waals surface area contributed by atoms with Gasteiger partial charge in [-0.3, -0.25) is 0 Å². The second-order valence-electron chi connectivity index (χ2n) is 3.09. The average molecular weight is 251 g/mol. The van der Waals surface area contributed by atoms with Crippen molar-refractivity contribution in [2.45, 2.75) is 9.10 Å². The van der Waals surface area contributed by atoms with Gasteiger partial charge < -0.3 is 10.8 Å². The van der Waals surface area contributed by atoms with Crippen molar-refractivity contribution in [2.75, 3.05) is 5.73 Å². The largest absolute Gasteiger partial charge is 0.478 e. The molecule has 0 unspecified atom stereocenters. The van der Waals surface area contributed by atoms with Gasteiger partial charge in [0.1, 0.15) is 0 Å². The fourth-order valence-corrected chi connectivity index (χ4v) is 3.13. The summed E-state index contributed by atoms with van der Waals surface area (Å²) in [5.74, 6) is -0.931. The average Bonchev–Trinajstić information content (AvgIpc) is 2.70. The maximum atomic E-state index is 11.0. The number of thiophene rings is 1. The number of carboxylic acid groups (broad SMARTS) is 1. The summed E-state index contributed by atoms with van der Waals surface area (Å²) in [6.07, 6.45) is 0. The molecule has 5 heteroatoms. The standard InChI is InChI=1S/C11H9NO2S2/c12-7-3-4-8(11(13)14)9(6-7)16-10-2-1-5-15-10/h1-6H,12H2,(H,13,14). The molecule has 2 rings (SSSR count). The van der Waals surface area contributed by atoms with Crippen LogP contribution in [0.5, 0.6) is 0 Å². The number of hydrogen-bond acceptors (Lipinski definition) is 4. The fraction of sp³-hybridized carbons (Fsp3) is 0. The lowest BCUT2D eigenvalue weighted by molar-refractivity contribution is 0.0693. The van der Waals surface area contributed by atoms with E-state index < -0.39 is 5.97 Å². The highest BCUT2D eigenvalue weighted by Gasteiger charge is 2.11. The molecule has 0 spiro atoms. The van der Waals surface area contributed by atoms with Crippen LogP contribution >= 0.6 is 23.1 Å². The third-order valence-electron chi connectivity index (χ3n) is 1.94. The van der Waals surface area contributed by atoms with Crippen LogP contribution in [0.1, 0.15) is 10.4 Å². The van der Waals surface area contributed by atoms with Gasteiger partial charge in [0.05, 0.1) is 9.77 Å². The molecule has 0 amide bonds. The number of aromatic carboxylic acids is 1. The lowest BCUT2D eigenvalue weighted by atomic mass is 10.2. The van der Waals surface area contributed by atoms with Crippen LogP contribution in [0.15, 0.2) is 44.8 Å². The SMILES string of the molecule is Nc1ccc(C(=O)O)c(Sc2cccs2)c1. The first-order chi connectivity index (χ1) is 7.66. The molecule has 16 heavy (non-hydrogen) atoms. The highest BCUT2D eigenvalue weighted by atomic mass is 32.2. The molecule has 1 heterocycles. The van der Waals surface area contributed by atoms with Gasteiger partial charge in [0, 0.05) is 10.6 Å². The fourth-order valence-electron chi connectivity index (χ4n) is 1.23. The number of nitrogen functional groups attached to an aromatic ring is 1. The topological polar surface area (TPSA) is 63.3 Å². The number of nitrogens with two attached hydrogens (primary N) is 1. The van der Waals surface area contributed by atoms with E-state index in [9.17, 15) is 4.79 Å². The van der Waals surface area contributed by atoms with Crippen LogP contribution in [0.4, 0.5) is 5.69 Å². The summed E-state index contributed by atoms with van der Waals surface area (Å²) in [4.78, 5) is 11.7. The van der Waals surface area contributed by atoms with E-state index in [4.69, 9.17) is 10.8 Å². The Kier molecular flexibility index (Phi) is 3.17. The smallest absolute Gasteiger partial charge is 0.336 e. The van der Waals surface area contributed by atoms with Crippen LogP contribution in [0, 0.1) is 0 Å². The molecule has 3 N–H and O–H groups in total. The van der Waals surface area contributed by atoms with Crippen molar-refractivity contribution in [1.82, 2.24) is 0 Å². The second kappa shape index (κ2) is 4.59. The van der Waals surface area contributed by atoms with Crippen molar-refractivity contribution in [2.24, 2.45) is 0 Å². The van der Waals surface area contributed by atoms with Crippen LogP contribution in [-0.4, -0.2) is 11.1 Å². The number of carboxylic acids is 1. The highest BCUT2D eigenvalue weighted by Crippen LogP contribution is 2.34. The molecule has 2 aromatic rings. The van der Waals surface area contributed by atoms with Crippen molar-refractivity contribution in [1.29, 1.82) is 0 Å². The van der Waals surface area contributed by atoms with Gasteiger partial charge in [-0.15, -0.1) is 11.3 Å². The molecule has 0 bridgehead atoms. The molecule has 0 atom stereocenters. The molecule has 0 aliphatic rings. The van der Waals surface area contributed by atoms with Gasteiger partial charge in [0.2, 0.25) is 0 Å². The van der Waals surface area contributed by atoms with Gasteiger partial charge in [0.15, 0.2) is 0 Å². The van der Waals surface area contributed by atoms with Crippen LogP contribution in [0.2, 0.25) is 0 Å². The minimum absolute atomic E-state index is 0.285. The Morgan fingerprint density at radius 1 is 1.38 bits per heavy atom. The van der Waals surface area contributed by atoms with Gasteiger partial charge in [-0.1, -0.05) is 17.8 Å². The lowest BCUT2D eigenvalue weighted by Gasteiger charge is -2.05. The van der Waals surface area contributed by atoms with Gasteiger partial charge in [-0.05, 0) is 29.6 Å². The van der Waals surface area contributed by atoms with Crippen LogP contribution in [0.3, 0.4) is 0 Å². The van der Waals surface area contributed by atoms with Crippen molar-refractivity contribution in [3.05, 3.63) is 41.3 Å². The Bertz CT molecular complexity index is 509. The highest BCUT2D eigenvalue weighted by molar-refractivity contribution is 8.01. The maximum absolute atomic E-state index is 11.0. The normalized spacial score (nSPS) is 10.2. The third-order valence-corrected chi connectivity index (χ3v) is 4.04. The van der Waals surface area contributed by atoms with Crippen molar-refractivity contribution < 1.29 is 9.90 Å². The maximum Gasteiger partial charge on any atom is 0.336 e. The molecule has 1 aromatic carbocycles. The zero-order chi connectivity index (χ0) is 11.5. The van der Waals surface area contributed by atoms with Crippen molar-refractivity contribution >= 4 is 34.8 Å². The first kappa shape index (κ1) is 11.0. The number of rotatable bonds is 3. The Morgan fingerprint density at radius 2 is 2.19 bits per heavy atom. The Labute approximate surface area is 101 Å². The zero-order valence-corrected chi connectivity index (χ0v) is 9.85. The van der Waals surface area contributed by atoms with E-state index in [1.54, 1.807) is 23.5 Å². The predicted octanol–water partition coefficient (Wildman–Crippen LogP) is 3.18. The lowest BCUT2D eigenvalue weighted by Crippen LogP contribution is -1.99. The van der Waals surface area contributed by atoms with E-state index in [-0.39, 0.29) is 5.56 Å². The van der Waals surface area contributed by atoms with Gasteiger partial charge in [-0.2, -0.15) is 0 Å². The Balaban J connectivity index is 2.38. The summed E-state index contributed by atoms with van der Waals surface area (Å²) in [6.45, 7) is 0. The molecule has 82 valence electrons.